The second-order valence-corrected chi connectivity index (χ2v) is 5.29. The molecular weight excluding hydrogens is 262 g/mol. The zero-order valence-electron chi connectivity index (χ0n) is 13.4. The van der Waals surface area contributed by atoms with Gasteiger partial charge in [-0.1, -0.05) is 25.1 Å². The van der Waals surface area contributed by atoms with Crippen LogP contribution < -0.4 is 5.32 Å². The number of hydrogen-bond acceptors (Lipinski definition) is 3. The molecule has 1 heterocycles. The molecule has 0 saturated heterocycles. The van der Waals surface area contributed by atoms with Crippen LogP contribution in [-0.4, -0.2) is 35.6 Å². The van der Waals surface area contributed by atoms with E-state index in [0.717, 1.165) is 39.1 Å². The Bertz CT molecular complexity index is 542. The van der Waals surface area contributed by atoms with Crippen LogP contribution in [0.15, 0.2) is 24.3 Å². The van der Waals surface area contributed by atoms with Crippen molar-refractivity contribution in [3.63, 3.8) is 0 Å². The number of hydrogen-bond donors (Lipinski definition) is 1. The Morgan fingerprint density at radius 3 is 2.76 bits per heavy atom. The van der Waals surface area contributed by atoms with Gasteiger partial charge in [-0.3, -0.25) is 4.68 Å². The Morgan fingerprint density at radius 1 is 1.24 bits per heavy atom. The summed E-state index contributed by atoms with van der Waals surface area (Å²) in [6, 6.07) is 8.80. The first-order valence-electron chi connectivity index (χ1n) is 8.05. The first-order valence-corrected chi connectivity index (χ1v) is 8.05. The quantitative estimate of drug-likeness (QED) is 0.771. The van der Waals surface area contributed by atoms with Gasteiger partial charge in [0.15, 0.2) is 0 Å². The number of nitrogens with one attached hydrogen (secondary N) is 1. The Labute approximate surface area is 127 Å². The lowest BCUT2D eigenvalue weighted by Gasteiger charge is -2.17. The van der Waals surface area contributed by atoms with Crippen LogP contribution in [0, 0.1) is 0 Å². The van der Waals surface area contributed by atoms with Crippen LogP contribution in [0.5, 0.6) is 0 Å². The van der Waals surface area contributed by atoms with Crippen molar-refractivity contribution >= 4 is 10.9 Å². The zero-order chi connectivity index (χ0) is 15.1. The Kier molecular flexibility index (Phi) is 6.21. The zero-order valence-corrected chi connectivity index (χ0v) is 13.4. The molecule has 116 valence electrons. The fourth-order valence-electron chi connectivity index (χ4n) is 2.62. The molecule has 0 bridgehead atoms. The van der Waals surface area contributed by atoms with E-state index in [2.05, 4.69) is 48.1 Å². The predicted octanol–water partition coefficient (Wildman–Crippen LogP) is 3.00. The topological polar surface area (TPSA) is 39.1 Å². The number of fused-ring (bicyclic) bond motifs is 1. The van der Waals surface area contributed by atoms with E-state index in [1.165, 1.54) is 16.6 Å². The number of aryl methyl sites for hydroxylation is 1. The maximum Gasteiger partial charge on any atom is 0.0719 e. The summed E-state index contributed by atoms with van der Waals surface area (Å²) >= 11 is 0. The fraction of sp³-hybridized carbons (Fsp3) is 0.588. The van der Waals surface area contributed by atoms with Gasteiger partial charge in [-0.15, -0.1) is 0 Å². The molecule has 0 fully saturated rings. The molecule has 1 N–H and O–H groups in total. The lowest BCUT2D eigenvalue weighted by molar-refractivity contribution is 0.122. The molecule has 0 saturated carbocycles. The minimum atomic E-state index is 0.327. The Morgan fingerprint density at radius 2 is 2.05 bits per heavy atom. The molecule has 0 aliphatic carbocycles. The van der Waals surface area contributed by atoms with E-state index in [1.54, 1.807) is 0 Å². The van der Waals surface area contributed by atoms with Crippen LogP contribution >= 0.6 is 0 Å². The first kappa shape index (κ1) is 16.0. The maximum atomic E-state index is 5.61. The molecule has 0 aliphatic heterocycles. The molecule has 21 heavy (non-hydrogen) atoms. The molecule has 1 aromatic heterocycles. The number of para-hydroxylation sites is 1. The van der Waals surface area contributed by atoms with Crippen molar-refractivity contribution in [1.29, 1.82) is 0 Å². The first-order chi connectivity index (χ1) is 10.3. The molecule has 2 aromatic rings. The van der Waals surface area contributed by atoms with Gasteiger partial charge >= 0.3 is 0 Å². The predicted molar refractivity (Wildman–Crippen MR) is 87.7 cm³/mol. The van der Waals surface area contributed by atoms with E-state index in [0.29, 0.717) is 6.04 Å². The number of ether oxygens (including phenoxy) is 1. The number of benzene rings is 1. The molecule has 0 radical (unpaired) electrons. The van der Waals surface area contributed by atoms with Crippen molar-refractivity contribution in [2.75, 3.05) is 19.8 Å². The largest absolute Gasteiger partial charge is 0.380 e. The summed E-state index contributed by atoms with van der Waals surface area (Å²) in [5, 5.41) is 9.62. The summed E-state index contributed by atoms with van der Waals surface area (Å²) in [6.07, 6.45) is 2.04. The standard InChI is InChI=1S/C17H27N3O/c1-4-11-18-14(13-21-6-3)12-16-15-9-7-8-10-17(15)20(5-2)19-16/h7-10,14,18H,4-6,11-13H2,1-3H3. The van der Waals surface area contributed by atoms with Gasteiger partial charge in [0.05, 0.1) is 17.8 Å². The highest BCUT2D eigenvalue weighted by molar-refractivity contribution is 5.82. The van der Waals surface area contributed by atoms with Crippen LogP contribution in [0.25, 0.3) is 10.9 Å². The minimum Gasteiger partial charge on any atom is -0.380 e. The molecule has 2 rings (SSSR count). The van der Waals surface area contributed by atoms with E-state index in [-0.39, 0.29) is 0 Å². The average molecular weight is 289 g/mol. The van der Waals surface area contributed by atoms with Crippen molar-refractivity contribution in [2.45, 2.75) is 46.2 Å². The third-order valence-electron chi connectivity index (χ3n) is 3.68. The van der Waals surface area contributed by atoms with E-state index in [1.807, 2.05) is 6.92 Å². The normalized spacial score (nSPS) is 12.9. The van der Waals surface area contributed by atoms with Gasteiger partial charge in [0.2, 0.25) is 0 Å². The summed E-state index contributed by atoms with van der Waals surface area (Å²) in [6.45, 7) is 9.78. The number of aromatic nitrogens is 2. The monoisotopic (exact) mass is 289 g/mol. The Balaban J connectivity index is 2.19. The molecule has 1 aromatic carbocycles. The second kappa shape index (κ2) is 8.15. The lowest BCUT2D eigenvalue weighted by atomic mass is 10.1. The van der Waals surface area contributed by atoms with Crippen molar-refractivity contribution < 1.29 is 4.74 Å². The van der Waals surface area contributed by atoms with Crippen molar-refractivity contribution in [3.05, 3.63) is 30.0 Å². The highest BCUT2D eigenvalue weighted by atomic mass is 16.5. The molecule has 4 heteroatoms. The second-order valence-electron chi connectivity index (χ2n) is 5.29. The summed E-state index contributed by atoms with van der Waals surface area (Å²) in [7, 11) is 0. The summed E-state index contributed by atoms with van der Waals surface area (Å²) in [4.78, 5) is 0. The van der Waals surface area contributed by atoms with Crippen molar-refractivity contribution in [1.82, 2.24) is 15.1 Å². The van der Waals surface area contributed by atoms with E-state index >= 15 is 0 Å². The van der Waals surface area contributed by atoms with Gasteiger partial charge in [-0.25, -0.2) is 0 Å². The van der Waals surface area contributed by atoms with E-state index < -0.39 is 0 Å². The molecule has 4 nitrogen and oxygen atoms in total. The van der Waals surface area contributed by atoms with Gasteiger partial charge < -0.3 is 10.1 Å². The van der Waals surface area contributed by atoms with Gasteiger partial charge in [-0.05, 0) is 32.9 Å². The Hall–Kier alpha value is -1.39. The summed E-state index contributed by atoms with van der Waals surface area (Å²) < 4.78 is 7.70. The highest BCUT2D eigenvalue weighted by Gasteiger charge is 2.15. The van der Waals surface area contributed by atoms with Crippen LogP contribution in [-0.2, 0) is 17.7 Å². The van der Waals surface area contributed by atoms with Crippen molar-refractivity contribution in [3.8, 4) is 0 Å². The van der Waals surface area contributed by atoms with Gasteiger partial charge in [0, 0.05) is 31.0 Å². The van der Waals surface area contributed by atoms with Crippen molar-refractivity contribution in [2.24, 2.45) is 0 Å². The minimum absolute atomic E-state index is 0.327. The molecular formula is C17H27N3O. The molecule has 1 atom stereocenters. The molecule has 1 unspecified atom stereocenters. The van der Waals surface area contributed by atoms with Crippen LogP contribution in [0.1, 0.15) is 32.9 Å². The molecule has 0 aliphatic rings. The van der Waals surface area contributed by atoms with Gasteiger partial charge in [-0.2, -0.15) is 5.10 Å². The average Bonchev–Trinajstić information content (AvgIpc) is 2.88. The third kappa shape index (κ3) is 4.05. The van der Waals surface area contributed by atoms with E-state index in [9.17, 15) is 0 Å². The fourth-order valence-corrected chi connectivity index (χ4v) is 2.62. The SMILES string of the molecule is CCCNC(COCC)Cc1nn(CC)c2ccccc12. The van der Waals surface area contributed by atoms with Crippen LogP contribution in [0.3, 0.4) is 0 Å². The number of rotatable bonds is 9. The number of nitrogens with zero attached hydrogens (tertiary/aromatic N) is 2. The molecule has 0 spiro atoms. The van der Waals surface area contributed by atoms with Crippen LogP contribution in [0.4, 0.5) is 0 Å². The van der Waals surface area contributed by atoms with Gasteiger partial charge in [0.25, 0.3) is 0 Å². The summed E-state index contributed by atoms with van der Waals surface area (Å²) in [5.74, 6) is 0. The highest BCUT2D eigenvalue weighted by Crippen LogP contribution is 2.19. The lowest BCUT2D eigenvalue weighted by Crippen LogP contribution is -2.36. The third-order valence-corrected chi connectivity index (χ3v) is 3.68. The van der Waals surface area contributed by atoms with Gasteiger partial charge in [0.1, 0.15) is 0 Å². The van der Waals surface area contributed by atoms with Crippen LogP contribution in [0.2, 0.25) is 0 Å². The molecule has 0 amide bonds. The smallest absolute Gasteiger partial charge is 0.0719 e. The van der Waals surface area contributed by atoms with E-state index in [4.69, 9.17) is 9.84 Å². The maximum absolute atomic E-state index is 5.61. The summed E-state index contributed by atoms with van der Waals surface area (Å²) in [5.41, 5.74) is 2.39.